The Labute approximate surface area is 173 Å². The quantitative estimate of drug-likeness (QED) is 0.595. The highest BCUT2D eigenvalue weighted by molar-refractivity contribution is 8.00. The normalized spacial score (nSPS) is 16.2. The molecule has 0 radical (unpaired) electrons. The van der Waals surface area contributed by atoms with Gasteiger partial charge in [0, 0.05) is 10.6 Å². The van der Waals surface area contributed by atoms with Gasteiger partial charge in [-0.25, -0.2) is 0 Å². The van der Waals surface area contributed by atoms with E-state index in [1.807, 2.05) is 60.7 Å². The van der Waals surface area contributed by atoms with Crippen molar-refractivity contribution in [1.82, 2.24) is 0 Å². The van der Waals surface area contributed by atoms with Gasteiger partial charge in [-0.3, -0.25) is 9.59 Å². The number of carbonyl (C=O) groups excluding carboxylic acids is 2. The van der Waals surface area contributed by atoms with E-state index in [1.165, 1.54) is 11.8 Å². The molecule has 4 rings (SSSR count). The first-order chi connectivity index (χ1) is 14.1. The molecule has 0 unspecified atom stereocenters. The van der Waals surface area contributed by atoms with E-state index in [4.69, 9.17) is 4.74 Å². The molecule has 1 aliphatic rings. The van der Waals surface area contributed by atoms with E-state index in [2.05, 4.69) is 10.6 Å². The second-order valence-electron chi connectivity index (χ2n) is 6.67. The van der Waals surface area contributed by atoms with Crippen LogP contribution in [0.2, 0.25) is 0 Å². The fourth-order valence-corrected chi connectivity index (χ4v) is 4.08. The van der Waals surface area contributed by atoms with Crippen molar-refractivity contribution in [2.75, 3.05) is 10.6 Å². The van der Waals surface area contributed by atoms with E-state index in [1.54, 1.807) is 25.1 Å². The average Bonchev–Trinajstić information content (AvgIpc) is 2.74. The summed E-state index contributed by atoms with van der Waals surface area (Å²) in [7, 11) is 0. The number of thioether (sulfide) groups is 1. The summed E-state index contributed by atoms with van der Waals surface area (Å²) >= 11 is 1.49. The molecule has 0 aliphatic carbocycles. The van der Waals surface area contributed by atoms with Crippen molar-refractivity contribution in [1.29, 1.82) is 0 Å². The van der Waals surface area contributed by atoms with Crippen LogP contribution < -0.4 is 15.4 Å². The molecule has 0 saturated carbocycles. The van der Waals surface area contributed by atoms with Crippen molar-refractivity contribution < 1.29 is 14.3 Å². The summed E-state index contributed by atoms with van der Waals surface area (Å²) in [6, 6.07) is 24.7. The van der Waals surface area contributed by atoms with E-state index in [9.17, 15) is 9.59 Å². The van der Waals surface area contributed by atoms with Crippen LogP contribution in [0.3, 0.4) is 0 Å². The molecule has 29 heavy (non-hydrogen) atoms. The molecule has 5 nitrogen and oxygen atoms in total. The molecule has 0 saturated heterocycles. The highest BCUT2D eigenvalue weighted by atomic mass is 32.2. The number of rotatable bonds is 5. The Morgan fingerprint density at radius 2 is 1.72 bits per heavy atom. The van der Waals surface area contributed by atoms with Crippen LogP contribution in [0.15, 0.2) is 83.8 Å². The number of ether oxygens (including phenoxy) is 1. The molecule has 0 spiro atoms. The summed E-state index contributed by atoms with van der Waals surface area (Å²) in [5, 5.41) is 5.36. The third-order valence-corrected chi connectivity index (χ3v) is 5.78. The summed E-state index contributed by atoms with van der Waals surface area (Å²) in [6.07, 6.45) is -0.535. The molecule has 0 bridgehead atoms. The van der Waals surface area contributed by atoms with Crippen LogP contribution in [0.5, 0.6) is 5.75 Å². The molecule has 6 heteroatoms. The first kappa shape index (κ1) is 19.1. The van der Waals surface area contributed by atoms with E-state index >= 15 is 0 Å². The molecular formula is C23H20N2O3S. The second-order valence-corrected chi connectivity index (χ2v) is 7.85. The van der Waals surface area contributed by atoms with Crippen molar-refractivity contribution in [3.05, 3.63) is 84.4 Å². The fourth-order valence-electron chi connectivity index (χ4n) is 3.03. The van der Waals surface area contributed by atoms with E-state index < -0.39 is 11.4 Å². The lowest BCUT2D eigenvalue weighted by atomic mass is 10.1. The molecule has 0 aromatic heterocycles. The molecule has 3 aromatic carbocycles. The van der Waals surface area contributed by atoms with E-state index in [-0.39, 0.29) is 11.8 Å². The van der Waals surface area contributed by atoms with Gasteiger partial charge in [-0.2, -0.15) is 0 Å². The van der Waals surface area contributed by atoms with Crippen molar-refractivity contribution >= 4 is 35.0 Å². The minimum absolute atomic E-state index is 0.138. The van der Waals surface area contributed by atoms with E-state index in [0.29, 0.717) is 17.1 Å². The molecule has 2 amide bonds. The number of hydrogen-bond acceptors (Lipinski definition) is 4. The number of anilines is 2. The predicted octanol–water partition coefficient (Wildman–Crippen LogP) is 4.88. The molecule has 146 valence electrons. The van der Waals surface area contributed by atoms with Gasteiger partial charge in [-0.15, -0.1) is 11.8 Å². The second kappa shape index (κ2) is 8.41. The Morgan fingerprint density at radius 1 is 1.03 bits per heavy atom. The lowest BCUT2D eigenvalue weighted by molar-refractivity contribution is -0.122. The van der Waals surface area contributed by atoms with Gasteiger partial charge in [-0.1, -0.05) is 48.5 Å². The van der Waals surface area contributed by atoms with Crippen molar-refractivity contribution in [3.8, 4) is 5.75 Å². The molecule has 3 aromatic rings. The van der Waals surface area contributed by atoms with Gasteiger partial charge in [0.25, 0.3) is 5.91 Å². The maximum Gasteiger partial charge on any atom is 0.265 e. The molecule has 2 N–H and O–H groups in total. The van der Waals surface area contributed by atoms with Crippen LogP contribution in [0.4, 0.5) is 11.4 Å². The van der Waals surface area contributed by atoms with Gasteiger partial charge in [0.05, 0.1) is 5.69 Å². The monoisotopic (exact) mass is 404 g/mol. The Morgan fingerprint density at radius 3 is 2.45 bits per heavy atom. The van der Waals surface area contributed by atoms with Crippen LogP contribution in [0.25, 0.3) is 0 Å². The lowest BCUT2D eigenvalue weighted by Gasteiger charge is -2.24. The minimum Gasteiger partial charge on any atom is -0.479 e. The van der Waals surface area contributed by atoms with Crippen molar-refractivity contribution in [3.63, 3.8) is 0 Å². The first-order valence-electron chi connectivity index (χ1n) is 9.29. The zero-order chi connectivity index (χ0) is 20.2. The number of carbonyl (C=O) groups is 2. The maximum absolute atomic E-state index is 13.2. The van der Waals surface area contributed by atoms with Crippen LogP contribution in [-0.2, 0) is 9.59 Å². The Bertz CT molecular complexity index is 1020. The number of fused-ring (bicyclic) bond motifs is 1. The average molecular weight is 404 g/mol. The van der Waals surface area contributed by atoms with Gasteiger partial charge in [0.1, 0.15) is 11.0 Å². The molecule has 0 fully saturated rings. The van der Waals surface area contributed by atoms with E-state index in [0.717, 1.165) is 10.5 Å². The molecule has 1 aliphatic heterocycles. The highest BCUT2D eigenvalue weighted by Gasteiger charge is 2.25. The summed E-state index contributed by atoms with van der Waals surface area (Å²) in [6.45, 7) is 1.69. The smallest absolute Gasteiger partial charge is 0.265 e. The van der Waals surface area contributed by atoms with Crippen LogP contribution in [-0.4, -0.2) is 17.9 Å². The third kappa shape index (κ3) is 4.43. The summed E-state index contributed by atoms with van der Waals surface area (Å²) in [5.41, 5.74) is 2.07. The predicted molar refractivity (Wildman–Crippen MR) is 115 cm³/mol. The molecule has 2 atom stereocenters. The minimum atomic E-state index is -0.535. The first-order valence-corrected chi connectivity index (χ1v) is 10.2. The zero-order valence-electron chi connectivity index (χ0n) is 15.8. The van der Waals surface area contributed by atoms with Crippen molar-refractivity contribution in [2.45, 2.75) is 23.2 Å². The van der Waals surface area contributed by atoms with Crippen LogP contribution in [0.1, 0.15) is 17.7 Å². The summed E-state index contributed by atoms with van der Waals surface area (Å²) in [4.78, 5) is 26.0. The number of benzene rings is 3. The highest BCUT2D eigenvalue weighted by Crippen LogP contribution is 2.37. The Kier molecular flexibility index (Phi) is 5.53. The number of amides is 2. The summed E-state index contributed by atoms with van der Waals surface area (Å²) < 4.78 is 5.57. The third-order valence-electron chi connectivity index (χ3n) is 4.52. The van der Waals surface area contributed by atoms with Crippen molar-refractivity contribution in [2.24, 2.45) is 0 Å². The SMILES string of the molecule is C[C@@H]1Oc2ccc(NC(=O)[C@@H](Sc3ccccc3)c3ccccc3)cc2NC1=O. The van der Waals surface area contributed by atoms with Gasteiger partial charge < -0.3 is 15.4 Å². The number of nitrogens with one attached hydrogen (secondary N) is 2. The lowest BCUT2D eigenvalue weighted by Crippen LogP contribution is -2.34. The van der Waals surface area contributed by atoms with Crippen LogP contribution in [0, 0.1) is 0 Å². The number of hydrogen-bond donors (Lipinski definition) is 2. The largest absolute Gasteiger partial charge is 0.479 e. The Hall–Kier alpha value is -3.25. The zero-order valence-corrected chi connectivity index (χ0v) is 16.6. The topological polar surface area (TPSA) is 67.4 Å². The van der Waals surface area contributed by atoms with Crippen LogP contribution >= 0.6 is 11.8 Å². The summed E-state index contributed by atoms with van der Waals surface area (Å²) in [5.74, 6) is 0.248. The van der Waals surface area contributed by atoms with Gasteiger partial charge in [0.2, 0.25) is 5.91 Å². The fraction of sp³-hybridized carbons (Fsp3) is 0.130. The molecular weight excluding hydrogens is 384 g/mol. The standard InChI is InChI=1S/C23H20N2O3S/c1-15-22(26)25-19-14-17(12-13-20(19)28-15)24-23(27)21(16-8-4-2-5-9-16)29-18-10-6-3-7-11-18/h2-15,21H,1H3,(H,24,27)(H,25,26)/t15-,21-/m0/s1. The van der Waals surface area contributed by atoms with Gasteiger partial charge >= 0.3 is 0 Å². The maximum atomic E-state index is 13.2. The van der Waals surface area contributed by atoms with Gasteiger partial charge in [-0.05, 0) is 42.8 Å². The Balaban J connectivity index is 1.57. The molecule has 1 heterocycles. The van der Waals surface area contributed by atoms with Gasteiger partial charge in [0.15, 0.2) is 6.10 Å².